The van der Waals surface area contributed by atoms with Gasteiger partial charge in [0.15, 0.2) is 0 Å². The van der Waals surface area contributed by atoms with Gasteiger partial charge in [0.1, 0.15) is 0 Å². The summed E-state index contributed by atoms with van der Waals surface area (Å²) < 4.78 is 0. The summed E-state index contributed by atoms with van der Waals surface area (Å²) in [5.74, 6) is 0. The Balaban J connectivity index is 1.60. The third-order valence-electron chi connectivity index (χ3n) is 4.03. The van der Waals surface area contributed by atoms with Crippen LogP contribution in [0.15, 0.2) is 12.7 Å². The fraction of sp³-hybridized carbons (Fsp3) is 0.867. The first-order valence-electron chi connectivity index (χ1n) is 7.48. The van der Waals surface area contributed by atoms with E-state index in [1.54, 1.807) is 0 Å². The van der Waals surface area contributed by atoms with Crippen LogP contribution < -0.4 is 5.32 Å². The number of rotatable bonds is 9. The predicted octanol–water partition coefficient (Wildman–Crippen LogP) is 2.95. The molecular formula is C15H28N2. The first-order chi connectivity index (χ1) is 8.40. The zero-order valence-corrected chi connectivity index (χ0v) is 11.2. The fourth-order valence-corrected chi connectivity index (χ4v) is 2.84. The van der Waals surface area contributed by atoms with Crippen LogP contribution in [0.2, 0.25) is 0 Å². The lowest BCUT2D eigenvalue weighted by atomic mass is 10.1. The van der Waals surface area contributed by atoms with E-state index in [1.807, 2.05) is 6.08 Å². The summed E-state index contributed by atoms with van der Waals surface area (Å²) in [6.45, 7) is 7.64. The molecule has 1 saturated heterocycles. The van der Waals surface area contributed by atoms with Gasteiger partial charge in [-0.05, 0) is 58.0 Å². The molecule has 2 nitrogen and oxygen atoms in total. The maximum absolute atomic E-state index is 3.78. The van der Waals surface area contributed by atoms with Gasteiger partial charge in [-0.2, -0.15) is 0 Å². The minimum Gasteiger partial charge on any atom is -0.313 e. The molecule has 0 radical (unpaired) electrons. The van der Waals surface area contributed by atoms with E-state index in [4.69, 9.17) is 0 Å². The standard InChI is InChI=1S/C15H28N2/c1-2-3-4-5-6-12-17(15-9-10-15)13-14-8-7-11-16-14/h2,14-16H,1,3-13H2. The normalized spacial score (nSPS) is 24.4. The first-order valence-corrected chi connectivity index (χ1v) is 7.48. The molecule has 0 aromatic carbocycles. The number of hydrogen-bond donors (Lipinski definition) is 1. The summed E-state index contributed by atoms with van der Waals surface area (Å²) in [5, 5.41) is 3.63. The minimum absolute atomic E-state index is 0.781. The third kappa shape index (κ3) is 4.81. The smallest absolute Gasteiger partial charge is 0.0195 e. The zero-order valence-electron chi connectivity index (χ0n) is 11.2. The van der Waals surface area contributed by atoms with Crippen molar-refractivity contribution in [3.05, 3.63) is 12.7 Å². The number of unbranched alkanes of at least 4 members (excludes halogenated alkanes) is 3. The topological polar surface area (TPSA) is 15.3 Å². The Bertz CT molecular complexity index is 217. The average Bonchev–Trinajstić information content (AvgIpc) is 3.06. The lowest BCUT2D eigenvalue weighted by Gasteiger charge is -2.25. The fourth-order valence-electron chi connectivity index (χ4n) is 2.84. The van der Waals surface area contributed by atoms with Gasteiger partial charge in [0.05, 0.1) is 0 Å². The molecule has 2 heteroatoms. The SMILES string of the molecule is C=CCCCCCN(CC1CCCN1)C1CC1. The van der Waals surface area contributed by atoms with Crippen LogP contribution in [0.3, 0.4) is 0 Å². The number of nitrogens with zero attached hydrogens (tertiary/aromatic N) is 1. The van der Waals surface area contributed by atoms with E-state index in [-0.39, 0.29) is 0 Å². The maximum Gasteiger partial charge on any atom is 0.0195 e. The Hall–Kier alpha value is -0.340. The Labute approximate surface area is 106 Å². The van der Waals surface area contributed by atoms with Crippen molar-refractivity contribution in [3.63, 3.8) is 0 Å². The van der Waals surface area contributed by atoms with Gasteiger partial charge >= 0.3 is 0 Å². The van der Waals surface area contributed by atoms with Crippen LogP contribution in [0.5, 0.6) is 0 Å². The minimum atomic E-state index is 0.781. The molecule has 1 saturated carbocycles. The second-order valence-electron chi connectivity index (χ2n) is 5.66. The van der Waals surface area contributed by atoms with Crippen LogP contribution in [0.25, 0.3) is 0 Å². The van der Waals surface area contributed by atoms with Crippen molar-refractivity contribution in [3.8, 4) is 0 Å². The number of allylic oxidation sites excluding steroid dienone is 1. The average molecular weight is 236 g/mol. The lowest BCUT2D eigenvalue weighted by Crippen LogP contribution is -2.39. The second kappa shape index (κ2) is 7.17. The summed E-state index contributed by atoms with van der Waals surface area (Å²) >= 11 is 0. The molecule has 1 atom stereocenters. The molecule has 2 fully saturated rings. The van der Waals surface area contributed by atoms with E-state index in [0.717, 1.165) is 12.1 Å². The van der Waals surface area contributed by atoms with Crippen LogP contribution in [-0.4, -0.2) is 36.6 Å². The van der Waals surface area contributed by atoms with E-state index in [9.17, 15) is 0 Å². The van der Waals surface area contributed by atoms with Crippen molar-refractivity contribution in [2.24, 2.45) is 0 Å². The molecule has 2 aliphatic rings. The zero-order chi connectivity index (χ0) is 11.9. The summed E-state index contributed by atoms with van der Waals surface area (Å²) in [6.07, 6.45) is 12.9. The number of nitrogens with one attached hydrogen (secondary N) is 1. The van der Waals surface area contributed by atoms with Gasteiger partial charge in [-0.25, -0.2) is 0 Å². The monoisotopic (exact) mass is 236 g/mol. The van der Waals surface area contributed by atoms with Gasteiger partial charge in [-0.1, -0.05) is 12.5 Å². The molecular weight excluding hydrogens is 208 g/mol. The van der Waals surface area contributed by atoms with Crippen molar-refractivity contribution >= 4 is 0 Å². The van der Waals surface area contributed by atoms with Crippen molar-refractivity contribution in [1.82, 2.24) is 10.2 Å². The highest BCUT2D eigenvalue weighted by atomic mass is 15.2. The van der Waals surface area contributed by atoms with Crippen LogP contribution in [0.4, 0.5) is 0 Å². The molecule has 0 bridgehead atoms. The molecule has 98 valence electrons. The molecule has 0 aromatic heterocycles. The van der Waals surface area contributed by atoms with Crippen molar-refractivity contribution in [1.29, 1.82) is 0 Å². The maximum atomic E-state index is 3.78. The first kappa shape index (κ1) is 13.1. The summed E-state index contributed by atoms with van der Waals surface area (Å²) in [4.78, 5) is 2.75. The van der Waals surface area contributed by atoms with Crippen LogP contribution in [-0.2, 0) is 0 Å². The highest BCUT2D eigenvalue weighted by molar-refractivity contribution is 4.88. The van der Waals surface area contributed by atoms with Gasteiger partial charge in [-0.3, -0.25) is 4.90 Å². The van der Waals surface area contributed by atoms with Crippen molar-refractivity contribution < 1.29 is 0 Å². The molecule has 2 rings (SSSR count). The Morgan fingerprint density at radius 3 is 2.71 bits per heavy atom. The molecule has 1 unspecified atom stereocenters. The Morgan fingerprint density at radius 2 is 2.06 bits per heavy atom. The highest BCUT2D eigenvalue weighted by Gasteiger charge is 2.30. The molecule has 0 aromatic rings. The van der Waals surface area contributed by atoms with E-state index in [0.29, 0.717) is 0 Å². The van der Waals surface area contributed by atoms with Gasteiger partial charge in [0.2, 0.25) is 0 Å². The predicted molar refractivity (Wildman–Crippen MR) is 74.3 cm³/mol. The Morgan fingerprint density at radius 1 is 1.18 bits per heavy atom. The second-order valence-corrected chi connectivity index (χ2v) is 5.66. The van der Waals surface area contributed by atoms with Crippen LogP contribution in [0, 0.1) is 0 Å². The third-order valence-corrected chi connectivity index (χ3v) is 4.03. The lowest BCUT2D eigenvalue weighted by molar-refractivity contribution is 0.234. The largest absolute Gasteiger partial charge is 0.313 e. The summed E-state index contributed by atoms with van der Waals surface area (Å²) in [6, 6.07) is 1.71. The van der Waals surface area contributed by atoms with Gasteiger partial charge in [-0.15, -0.1) is 6.58 Å². The van der Waals surface area contributed by atoms with Crippen molar-refractivity contribution in [2.75, 3.05) is 19.6 Å². The number of hydrogen-bond acceptors (Lipinski definition) is 2. The highest BCUT2D eigenvalue weighted by Crippen LogP contribution is 2.28. The quantitative estimate of drug-likeness (QED) is 0.489. The molecule has 1 aliphatic heterocycles. The summed E-state index contributed by atoms with van der Waals surface area (Å²) in [7, 11) is 0. The molecule has 0 amide bonds. The van der Waals surface area contributed by atoms with Crippen LogP contribution in [0.1, 0.15) is 51.4 Å². The van der Waals surface area contributed by atoms with Gasteiger partial charge < -0.3 is 5.32 Å². The van der Waals surface area contributed by atoms with E-state index in [1.165, 1.54) is 71.0 Å². The summed E-state index contributed by atoms with van der Waals surface area (Å²) in [5.41, 5.74) is 0. The molecule has 0 spiro atoms. The van der Waals surface area contributed by atoms with Crippen LogP contribution >= 0.6 is 0 Å². The molecule has 17 heavy (non-hydrogen) atoms. The van der Waals surface area contributed by atoms with E-state index < -0.39 is 0 Å². The molecule has 1 heterocycles. The van der Waals surface area contributed by atoms with E-state index in [2.05, 4.69) is 16.8 Å². The van der Waals surface area contributed by atoms with Crippen molar-refractivity contribution in [2.45, 2.75) is 63.5 Å². The van der Waals surface area contributed by atoms with E-state index >= 15 is 0 Å². The molecule has 1 aliphatic carbocycles. The van der Waals surface area contributed by atoms with Gasteiger partial charge in [0, 0.05) is 18.6 Å². The Kier molecular flexibility index (Phi) is 5.53. The molecule has 1 N–H and O–H groups in total. The van der Waals surface area contributed by atoms with Gasteiger partial charge in [0.25, 0.3) is 0 Å².